The quantitative estimate of drug-likeness (QED) is 0.653. The predicted molar refractivity (Wildman–Crippen MR) is 82.6 cm³/mol. The van der Waals surface area contributed by atoms with Crippen LogP contribution in [0.25, 0.3) is 0 Å². The summed E-state index contributed by atoms with van der Waals surface area (Å²) in [6, 6.07) is 12.8. The van der Waals surface area contributed by atoms with E-state index in [9.17, 15) is 4.79 Å². The summed E-state index contributed by atoms with van der Waals surface area (Å²) in [5.74, 6) is -0.436. The van der Waals surface area contributed by atoms with Crippen LogP contribution in [0.5, 0.6) is 0 Å². The van der Waals surface area contributed by atoms with Crippen LogP contribution in [0.15, 0.2) is 42.5 Å². The number of nitrogens with two attached hydrogens (primary N) is 1. The lowest BCUT2D eigenvalue weighted by atomic mass is 10.1. The molecule has 0 saturated carbocycles. The van der Waals surface area contributed by atoms with E-state index in [0.29, 0.717) is 23.5 Å². The number of benzene rings is 2. The normalized spacial score (nSPS) is 10.2. The van der Waals surface area contributed by atoms with Crippen molar-refractivity contribution in [3.8, 4) is 0 Å². The average Bonchev–Trinajstić information content (AvgIpc) is 2.50. The number of rotatable bonds is 5. The van der Waals surface area contributed by atoms with Crippen LogP contribution in [0, 0.1) is 0 Å². The fraction of sp³-hybridized carbons (Fsp3) is 0.188. The molecule has 5 nitrogen and oxygen atoms in total. The molecule has 2 aromatic carbocycles. The van der Waals surface area contributed by atoms with E-state index in [1.165, 1.54) is 7.11 Å². The molecule has 0 aliphatic heterocycles. The van der Waals surface area contributed by atoms with Crippen molar-refractivity contribution >= 4 is 23.0 Å². The summed E-state index contributed by atoms with van der Waals surface area (Å²) in [4.78, 5) is 11.8. The van der Waals surface area contributed by atoms with Gasteiger partial charge in [-0.3, -0.25) is 0 Å². The summed E-state index contributed by atoms with van der Waals surface area (Å²) in [7, 11) is 2.97. The smallest absolute Gasteiger partial charge is 0.340 e. The Labute approximate surface area is 123 Å². The fourth-order valence-electron chi connectivity index (χ4n) is 2.05. The number of carbonyl (C=O) groups excluding carboxylic acids is 1. The van der Waals surface area contributed by atoms with Crippen LogP contribution in [0.1, 0.15) is 15.9 Å². The highest BCUT2D eigenvalue weighted by Crippen LogP contribution is 2.29. The number of hydrogen-bond acceptors (Lipinski definition) is 5. The lowest BCUT2D eigenvalue weighted by Crippen LogP contribution is -2.08. The van der Waals surface area contributed by atoms with Gasteiger partial charge >= 0.3 is 5.97 Å². The average molecular weight is 286 g/mol. The molecule has 2 aromatic rings. The summed E-state index contributed by atoms with van der Waals surface area (Å²) in [6.07, 6.45) is 0. The van der Waals surface area contributed by atoms with E-state index in [-0.39, 0.29) is 0 Å². The minimum absolute atomic E-state index is 0.393. The third kappa shape index (κ3) is 3.32. The van der Waals surface area contributed by atoms with Gasteiger partial charge in [-0.05, 0) is 18.2 Å². The van der Waals surface area contributed by atoms with Gasteiger partial charge in [0.1, 0.15) is 0 Å². The number of esters is 1. The van der Waals surface area contributed by atoms with Crippen molar-refractivity contribution < 1.29 is 14.3 Å². The Bertz CT molecular complexity index is 641. The number of methoxy groups -OCH3 is 2. The number of para-hydroxylation sites is 2. The molecule has 0 saturated heterocycles. The lowest BCUT2D eigenvalue weighted by molar-refractivity contribution is 0.0602. The van der Waals surface area contributed by atoms with E-state index < -0.39 is 5.97 Å². The zero-order valence-corrected chi connectivity index (χ0v) is 12.1. The first kappa shape index (κ1) is 14.9. The second-order valence-electron chi connectivity index (χ2n) is 4.48. The molecule has 0 aromatic heterocycles. The third-order valence-electron chi connectivity index (χ3n) is 3.08. The van der Waals surface area contributed by atoms with Crippen molar-refractivity contribution in [2.75, 3.05) is 25.3 Å². The minimum Gasteiger partial charge on any atom is -0.465 e. The van der Waals surface area contributed by atoms with Gasteiger partial charge in [0.05, 0.1) is 30.7 Å². The van der Waals surface area contributed by atoms with Crippen molar-refractivity contribution in [3.63, 3.8) is 0 Å². The molecular weight excluding hydrogens is 268 g/mol. The summed E-state index contributed by atoms with van der Waals surface area (Å²) >= 11 is 0. The fourth-order valence-corrected chi connectivity index (χ4v) is 2.05. The van der Waals surface area contributed by atoms with Crippen LogP contribution in [0.4, 0.5) is 17.1 Å². The summed E-state index contributed by atoms with van der Waals surface area (Å²) in [6.45, 7) is 0.462. The summed E-state index contributed by atoms with van der Waals surface area (Å²) < 4.78 is 9.96. The molecular formula is C16H18N2O3. The summed E-state index contributed by atoms with van der Waals surface area (Å²) in [5.41, 5.74) is 9.20. The molecule has 5 heteroatoms. The van der Waals surface area contributed by atoms with Crippen molar-refractivity contribution in [1.29, 1.82) is 0 Å². The van der Waals surface area contributed by atoms with Crippen molar-refractivity contribution in [3.05, 3.63) is 53.6 Å². The van der Waals surface area contributed by atoms with Gasteiger partial charge in [-0.1, -0.05) is 24.3 Å². The Morgan fingerprint density at radius 3 is 2.62 bits per heavy atom. The molecule has 0 bridgehead atoms. The van der Waals surface area contributed by atoms with E-state index in [2.05, 4.69) is 5.32 Å². The van der Waals surface area contributed by atoms with Crippen molar-refractivity contribution in [1.82, 2.24) is 0 Å². The van der Waals surface area contributed by atoms with E-state index in [4.69, 9.17) is 15.2 Å². The molecule has 0 spiro atoms. The van der Waals surface area contributed by atoms with Crippen LogP contribution < -0.4 is 11.1 Å². The molecule has 0 radical (unpaired) electrons. The van der Waals surface area contributed by atoms with Crippen LogP contribution in [0.2, 0.25) is 0 Å². The minimum atomic E-state index is -0.436. The Kier molecular flexibility index (Phi) is 4.79. The maximum Gasteiger partial charge on any atom is 0.340 e. The Morgan fingerprint density at radius 2 is 1.90 bits per heavy atom. The van der Waals surface area contributed by atoms with E-state index >= 15 is 0 Å². The second kappa shape index (κ2) is 6.76. The van der Waals surface area contributed by atoms with Crippen molar-refractivity contribution in [2.24, 2.45) is 0 Å². The van der Waals surface area contributed by atoms with Gasteiger partial charge in [-0.15, -0.1) is 0 Å². The largest absolute Gasteiger partial charge is 0.465 e. The first-order valence-corrected chi connectivity index (χ1v) is 6.48. The maximum absolute atomic E-state index is 11.8. The molecule has 0 amide bonds. The Hall–Kier alpha value is -2.53. The van der Waals surface area contributed by atoms with Crippen LogP contribution >= 0.6 is 0 Å². The highest BCUT2D eigenvalue weighted by molar-refractivity contribution is 6.00. The molecule has 0 heterocycles. The van der Waals surface area contributed by atoms with Crippen LogP contribution in [-0.4, -0.2) is 20.2 Å². The van der Waals surface area contributed by atoms with Gasteiger partial charge < -0.3 is 20.5 Å². The standard InChI is InChI=1S/C16H18N2O3/c1-20-10-11-6-3-4-9-14(11)18-15-12(16(19)21-2)7-5-8-13(15)17/h3-9,18H,10,17H2,1-2H3. The summed E-state index contributed by atoms with van der Waals surface area (Å²) in [5, 5.41) is 3.20. The first-order chi connectivity index (χ1) is 10.2. The van der Waals surface area contributed by atoms with Gasteiger partial charge in [0, 0.05) is 18.4 Å². The van der Waals surface area contributed by atoms with Gasteiger partial charge in [0.15, 0.2) is 0 Å². The van der Waals surface area contributed by atoms with Crippen LogP contribution in [-0.2, 0) is 16.1 Å². The number of anilines is 3. The molecule has 3 N–H and O–H groups in total. The number of nitrogen functional groups attached to an aromatic ring is 1. The third-order valence-corrected chi connectivity index (χ3v) is 3.08. The molecule has 0 atom stereocenters. The van der Waals surface area contributed by atoms with E-state index in [1.54, 1.807) is 25.3 Å². The predicted octanol–water partition coefficient (Wildman–Crippen LogP) is 2.95. The van der Waals surface area contributed by atoms with Gasteiger partial charge in [-0.25, -0.2) is 4.79 Å². The molecule has 0 aliphatic carbocycles. The highest BCUT2D eigenvalue weighted by atomic mass is 16.5. The van der Waals surface area contributed by atoms with Gasteiger partial charge in [0.25, 0.3) is 0 Å². The van der Waals surface area contributed by atoms with Crippen LogP contribution in [0.3, 0.4) is 0 Å². The van der Waals surface area contributed by atoms with Crippen molar-refractivity contribution in [2.45, 2.75) is 6.61 Å². The van der Waals surface area contributed by atoms with E-state index in [0.717, 1.165) is 11.3 Å². The number of hydrogen-bond donors (Lipinski definition) is 2. The molecule has 21 heavy (non-hydrogen) atoms. The van der Waals surface area contributed by atoms with E-state index in [1.807, 2.05) is 24.3 Å². The topological polar surface area (TPSA) is 73.6 Å². The maximum atomic E-state index is 11.8. The highest BCUT2D eigenvalue weighted by Gasteiger charge is 2.15. The Morgan fingerprint density at radius 1 is 1.14 bits per heavy atom. The molecule has 110 valence electrons. The molecule has 0 fully saturated rings. The lowest BCUT2D eigenvalue weighted by Gasteiger charge is -2.16. The van der Waals surface area contributed by atoms with Gasteiger partial charge in [-0.2, -0.15) is 0 Å². The molecule has 2 rings (SSSR count). The Balaban J connectivity index is 2.42. The first-order valence-electron chi connectivity index (χ1n) is 6.48. The number of nitrogens with one attached hydrogen (secondary N) is 1. The SMILES string of the molecule is COCc1ccccc1Nc1c(N)cccc1C(=O)OC. The van der Waals surface area contributed by atoms with Gasteiger partial charge in [0.2, 0.25) is 0 Å². The zero-order chi connectivity index (χ0) is 15.2. The zero-order valence-electron chi connectivity index (χ0n) is 12.1. The monoisotopic (exact) mass is 286 g/mol. The number of ether oxygens (including phenoxy) is 2. The molecule has 0 aliphatic rings. The second-order valence-corrected chi connectivity index (χ2v) is 4.48. The number of carbonyl (C=O) groups is 1. The molecule has 0 unspecified atom stereocenters.